The van der Waals surface area contributed by atoms with Gasteiger partial charge in [-0.2, -0.15) is 0 Å². The number of rotatable bonds is 1. The number of para-hydroxylation sites is 1. The maximum atomic E-state index is 2.54. The minimum absolute atomic E-state index is 0.443. The SMILES string of the molecule is Cc1ccc2c(c1)C1(c3ccccc3-2)c2ccc3ccccc3c2N(c2ccccc2)c2c1ccc1ccccc21. The number of benzene rings is 7. The highest BCUT2D eigenvalue weighted by Gasteiger charge is 2.52. The van der Waals surface area contributed by atoms with E-state index in [1.54, 1.807) is 0 Å². The quantitative estimate of drug-likeness (QED) is 0.208. The molecule has 1 heteroatoms. The minimum Gasteiger partial charge on any atom is -0.309 e. The van der Waals surface area contributed by atoms with E-state index in [-0.39, 0.29) is 0 Å². The molecule has 41 heavy (non-hydrogen) atoms. The van der Waals surface area contributed by atoms with E-state index >= 15 is 0 Å². The Balaban J connectivity index is 1.57. The van der Waals surface area contributed by atoms with Gasteiger partial charge in [0.15, 0.2) is 0 Å². The number of anilines is 3. The van der Waals surface area contributed by atoms with Crippen molar-refractivity contribution < 1.29 is 0 Å². The summed E-state index contributed by atoms with van der Waals surface area (Å²) >= 11 is 0. The van der Waals surface area contributed by atoms with Crippen LogP contribution in [0.25, 0.3) is 32.7 Å². The van der Waals surface area contributed by atoms with Crippen molar-refractivity contribution in [3.05, 3.63) is 173 Å². The summed E-state index contributed by atoms with van der Waals surface area (Å²) in [6, 6.07) is 54.2. The molecule has 0 bridgehead atoms. The fourth-order valence-electron chi connectivity index (χ4n) is 7.66. The van der Waals surface area contributed by atoms with Crippen LogP contribution in [0.2, 0.25) is 0 Å². The Labute approximate surface area is 240 Å². The first-order chi connectivity index (χ1) is 20.3. The summed E-state index contributed by atoms with van der Waals surface area (Å²) in [5, 5.41) is 5.04. The molecule has 1 spiro atoms. The first-order valence-corrected chi connectivity index (χ1v) is 14.4. The highest BCUT2D eigenvalue weighted by molar-refractivity contribution is 6.11. The van der Waals surface area contributed by atoms with E-state index in [0.717, 1.165) is 0 Å². The smallest absolute Gasteiger partial charge is 0.0754 e. The number of fused-ring (bicyclic) bond motifs is 13. The normalized spacial score (nSPS) is 14.1. The molecule has 0 amide bonds. The molecule has 0 aromatic heterocycles. The van der Waals surface area contributed by atoms with Gasteiger partial charge in [0.2, 0.25) is 0 Å². The van der Waals surface area contributed by atoms with Crippen molar-refractivity contribution >= 4 is 38.6 Å². The second-order valence-corrected chi connectivity index (χ2v) is 11.4. The Morgan fingerprint density at radius 1 is 0.439 bits per heavy atom. The number of nitrogens with zero attached hydrogens (tertiary/aromatic N) is 1. The molecule has 0 atom stereocenters. The van der Waals surface area contributed by atoms with Gasteiger partial charge in [-0.25, -0.2) is 0 Å². The van der Waals surface area contributed by atoms with Crippen LogP contribution in [-0.4, -0.2) is 0 Å². The van der Waals surface area contributed by atoms with Crippen molar-refractivity contribution in [2.75, 3.05) is 4.90 Å². The molecule has 7 aromatic carbocycles. The lowest BCUT2D eigenvalue weighted by atomic mass is 9.63. The Morgan fingerprint density at radius 3 is 1.68 bits per heavy atom. The molecule has 0 saturated carbocycles. The van der Waals surface area contributed by atoms with Crippen LogP contribution >= 0.6 is 0 Å². The van der Waals surface area contributed by atoms with Crippen molar-refractivity contribution in [1.82, 2.24) is 0 Å². The average Bonchev–Trinajstić information content (AvgIpc) is 3.31. The van der Waals surface area contributed by atoms with Gasteiger partial charge in [-0.3, -0.25) is 0 Å². The predicted octanol–water partition coefficient (Wildman–Crippen LogP) is 10.4. The summed E-state index contributed by atoms with van der Waals surface area (Å²) in [5.74, 6) is 0. The van der Waals surface area contributed by atoms with E-state index in [2.05, 4.69) is 157 Å². The largest absolute Gasteiger partial charge is 0.309 e. The topological polar surface area (TPSA) is 3.24 Å². The van der Waals surface area contributed by atoms with Crippen LogP contribution in [0.15, 0.2) is 146 Å². The molecule has 0 fully saturated rings. The molecule has 0 radical (unpaired) electrons. The van der Waals surface area contributed by atoms with Gasteiger partial charge in [0, 0.05) is 16.5 Å². The van der Waals surface area contributed by atoms with Crippen LogP contribution in [0.5, 0.6) is 0 Å². The van der Waals surface area contributed by atoms with E-state index in [9.17, 15) is 0 Å². The second kappa shape index (κ2) is 8.19. The molecule has 1 aliphatic carbocycles. The summed E-state index contributed by atoms with van der Waals surface area (Å²) in [7, 11) is 0. The van der Waals surface area contributed by atoms with E-state index in [1.165, 1.54) is 77.6 Å². The average molecular weight is 522 g/mol. The molecular weight excluding hydrogens is 494 g/mol. The molecule has 0 unspecified atom stereocenters. The molecule has 1 nitrogen and oxygen atoms in total. The predicted molar refractivity (Wildman–Crippen MR) is 172 cm³/mol. The zero-order valence-corrected chi connectivity index (χ0v) is 22.8. The molecule has 192 valence electrons. The third kappa shape index (κ3) is 2.85. The van der Waals surface area contributed by atoms with Gasteiger partial charge in [-0.15, -0.1) is 0 Å². The van der Waals surface area contributed by atoms with Crippen molar-refractivity contribution in [3.8, 4) is 11.1 Å². The lowest BCUT2D eigenvalue weighted by molar-refractivity contribution is 0.756. The standard InChI is InChI=1S/C40H27N/c1-26-19-22-33-32-17-9-10-18-34(32)40(37(33)25-26)35-23-20-27-11-5-7-15-30(27)38(35)41(29-13-3-2-4-14-29)39-31-16-8-6-12-28(31)21-24-36(39)40/h2-25H,1H3. The van der Waals surface area contributed by atoms with Crippen LogP contribution < -0.4 is 4.90 Å². The lowest BCUT2D eigenvalue weighted by Gasteiger charge is -2.46. The fourth-order valence-corrected chi connectivity index (χ4v) is 7.66. The van der Waals surface area contributed by atoms with E-state index in [0.29, 0.717) is 0 Å². The first-order valence-electron chi connectivity index (χ1n) is 14.4. The van der Waals surface area contributed by atoms with Crippen molar-refractivity contribution in [2.24, 2.45) is 0 Å². The van der Waals surface area contributed by atoms with Crippen LogP contribution in [-0.2, 0) is 5.41 Å². The highest BCUT2D eigenvalue weighted by atomic mass is 15.2. The van der Waals surface area contributed by atoms with Gasteiger partial charge in [0.05, 0.1) is 16.8 Å². The van der Waals surface area contributed by atoms with Crippen LogP contribution in [0.3, 0.4) is 0 Å². The van der Waals surface area contributed by atoms with Crippen LogP contribution in [0.1, 0.15) is 27.8 Å². The zero-order chi connectivity index (χ0) is 27.1. The Morgan fingerprint density at radius 2 is 1.00 bits per heavy atom. The zero-order valence-electron chi connectivity index (χ0n) is 22.8. The van der Waals surface area contributed by atoms with Gasteiger partial charge in [-0.1, -0.05) is 139 Å². The van der Waals surface area contributed by atoms with Crippen molar-refractivity contribution in [3.63, 3.8) is 0 Å². The summed E-state index contributed by atoms with van der Waals surface area (Å²) in [6.07, 6.45) is 0. The van der Waals surface area contributed by atoms with Crippen LogP contribution in [0, 0.1) is 6.92 Å². The molecular formula is C40H27N. The van der Waals surface area contributed by atoms with E-state index in [4.69, 9.17) is 0 Å². The number of hydrogen-bond donors (Lipinski definition) is 0. The second-order valence-electron chi connectivity index (χ2n) is 11.4. The monoisotopic (exact) mass is 521 g/mol. The third-order valence-electron chi connectivity index (χ3n) is 9.27. The van der Waals surface area contributed by atoms with Crippen molar-refractivity contribution in [2.45, 2.75) is 12.3 Å². The molecule has 7 aromatic rings. The molecule has 9 rings (SSSR count). The number of aryl methyl sites for hydroxylation is 1. The summed E-state index contributed by atoms with van der Waals surface area (Å²) in [5.41, 5.74) is 12.6. The Hall–Kier alpha value is -5.14. The van der Waals surface area contributed by atoms with E-state index in [1.807, 2.05) is 0 Å². The molecule has 1 aliphatic heterocycles. The minimum atomic E-state index is -0.443. The maximum absolute atomic E-state index is 2.54. The van der Waals surface area contributed by atoms with Gasteiger partial charge in [0.25, 0.3) is 0 Å². The Kier molecular flexibility index (Phi) is 4.52. The van der Waals surface area contributed by atoms with Crippen LogP contribution in [0.4, 0.5) is 17.1 Å². The fraction of sp³-hybridized carbons (Fsp3) is 0.0500. The van der Waals surface area contributed by atoms with Gasteiger partial charge < -0.3 is 4.90 Å². The molecule has 0 N–H and O–H groups in total. The summed E-state index contributed by atoms with van der Waals surface area (Å²) < 4.78 is 0. The summed E-state index contributed by atoms with van der Waals surface area (Å²) in [6.45, 7) is 2.22. The van der Waals surface area contributed by atoms with E-state index < -0.39 is 5.41 Å². The lowest BCUT2D eigenvalue weighted by Crippen LogP contribution is -2.36. The molecule has 0 saturated heterocycles. The van der Waals surface area contributed by atoms with Gasteiger partial charge in [-0.05, 0) is 63.2 Å². The first kappa shape index (κ1) is 22.7. The molecule has 2 aliphatic rings. The third-order valence-corrected chi connectivity index (χ3v) is 9.27. The highest BCUT2D eigenvalue weighted by Crippen LogP contribution is 2.65. The number of hydrogen-bond acceptors (Lipinski definition) is 1. The van der Waals surface area contributed by atoms with Crippen molar-refractivity contribution in [1.29, 1.82) is 0 Å². The molecule has 1 heterocycles. The Bertz CT molecular complexity index is 2090. The van der Waals surface area contributed by atoms with Gasteiger partial charge >= 0.3 is 0 Å². The summed E-state index contributed by atoms with van der Waals surface area (Å²) in [4.78, 5) is 2.54. The van der Waals surface area contributed by atoms with Gasteiger partial charge in [0.1, 0.15) is 0 Å². The maximum Gasteiger partial charge on any atom is 0.0754 e.